The van der Waals surface area contributed by atoms with Gasteiger partial charge in [0.25, 0.3) is 5.91 Å². The Kier molecular flexibility index (Phi) is 6.55. The molecule has 6 nitrogen and oxygen atoms in total. The van der Waals surface area contributed by atoms with E-state index in [2.05, 4.69) is 24.5 Å². The molecule has 30 heavy (non-hydrogen) atoms. The lowest BCUT2D eigenvalue weighted by molar-refractivity contribution is -0.133. The first kappa shape index (κ1) is 21.6. The van der Waals surface area contributed by atoms with Gasteiger partial charge in [0.1, 0.15) is 12.1 Å². The van der Waals surface area contributed by atoms with Gasteiger partial charge in [0.05, 0.1) is 0 Å². The van der Waals surface area contributed by atoms with E-state index in [0.717, 1.165) is 16.9 Å². The fourth-order valence-corrected chi connectivity index (χ4v) is 3.57. The molecule has 2 atom stereocenters. The number of urea groups is 1. The molecule has 0 aliphatic carbocycles. The first-order valence-corrected chi connectivity index (χ1v) is 10.4. The summed E-state index contributed by atoms with van der Waals surface area (Å²) < 4.78 is 0. The highest BCUT2D eigenvalue weighted by atomic mass is 16.2. The minimum absolute atomic E-state index is 0.307. The number of rotatable bonds is 8. The van der Waals surface area contributed by atoms with Crippen LogP contribution in [0.4, 0.5) is 10.5 Å². The lowest BCUT2D eigenvalue weighted by atomic mass is 9.93. The van der Waals surface area contributed by atoms with Crippen molar-refractivity contribution in [1.82, 2.24) is 10.2 Å². The van der Waals surface area contributed by atoms with Gasteiger partial charge in [-0.3, -0.25) is 14.5 Å². The highest BCUT2D eigenvalue weighted by Crippen LogP contribution is 2.24. The standard InChI is InChI=1S/C24H29N3O3/c1-4-17(2)19-10-12-20(13-11-19)25-21(28)16-27-22(29)24(3,26-23(27)30)15-14-18-8-6-5-7-9-18/h5-13,17H,4,14-16H2,1-3H3,(H,25,28)(H,26,30)/t17-,24-/m0/s1. The van der Waals surface area contributed by atoms with E-state index in [1.807, 2.05) is 54.6 Å². The molecule has 0 radical (unpaired) electrons. The SMILES string of the molecule is CC[C@H](C)c1ccc(NC(=O)CN2C(=O)N[C@@](C)(CCc3ccccc3)C2=O)cc1. The maximum absolute atomic E-state index is 12.9. The van der Waals surface area contributed by atoms with Gasteiger partial charge in [0.2, 0.25) is 5.91 Å². The van der Waals surface area contributed by atoms with Gasteiger partial charge < -0.3 is 10.6 Å². The Morgan fingerprint density at radius 1 is 1.10 bits per heavy atom. The topological polar surface area (TPSA) is 78.5 Å². The van der Waals surface area contributed by atoms with E-state index < -0.39 is 17.5 Å². The van der Waals surface area contributed by atoms with E-state index >= 15 is 0 Å². The molecule has 0 spiro atoms. The van der Waals surface area contributed by atoms with Gasteiger partial charge in [-0.05, 0) is 55.4 Å². The number of benzene rings is 2. The van der Waals surface area contributed by atoms with Crippen molar-refractivity contribution in [3.63, 3.8) is 0 Å². The second kappa shape index (κ2) is 9.11. The maximum Gasteiger partial charge on any atom is 0.325 e. The summed E-state index contributed by atoms with van der Waals surface area (Å²) in [7, 11) is 0. The largest absolute Gasteiger partial charge is 0.325 e. The molecule has 1 aliphatic rings. The Balaban J connectivity index is 1.58. The maximum atomic E-state index is 12.9. The van der Waals surface area contributed by atoms with E-state index in [-0.39, 0.29) is 12.5 Å². The predicted octanol–water partition coefficient (Wildman–Crippen LogP) is 4.08. The number of aryl methyl sites for hydroxylation is 1. The highest BCUT2D eigenvalue weighted by molar-refractivity contribution is 6.09. The third kappa shape index (κ3) is 4.87. The minimum atomic E-state index is -1.01. The van der Waals surface area contributed by atoms with Crippen LogP contribution in [0.25, 0.3) is 0 Å². The zero-order chi connectivity index (χ0) is 21.7. The molecule has 3 rings (SSSR count). The Morgan fingerprint density at radius 3 is 2.40 bits per heavy atom. The zero-order valence-corrected chi connectivity index (χ0v) is 17.8. The van der Waals surface area contributed by atoms with Gasteiger partial charge in [-0.25, -0.2) is 4.79 Å². The van der Waals surface area contributed by atoms with Crippen molar-refractivity contribution in [3.05, 3.63) is 65.7 Å². The molecule has 0 bridgehead atoms. The summed E-state index contributed by atoms with van der Waals surface area (Å²) in [6.07, 6.45) is 2.17. The molecule has 4 amide bonds. The normalized spacial score (nSPS) is 19.5. The second-order valence-electron chi connectivity index (χ2n) is 8.12. The molecule has 0 unspecified atom stereocenters. The van der Waals surface area contributed by atoms with Crippen LogP contribution in [0.2, 0.25) is 0 Å². The zero-order valence-electron chi connectivity index (χ0n) is 17.8. The van der Waals surface area contributed by atoms with E-state index in [1.54, 1.807) is 6.92 Å². The van der Waals surface area contributed by atoms with Crippen molar-refractivity contribution in [1.29, 1.82) is 0 Å². The number of hydrogen-bond acceptors (Lipinski definition) is 3. The summed E-state index contributed by atoms with van der Waals surface area (Å²) in [6, 6.07) is 16.9. The van der Waals surface area contributed by atoms with Crippen LogP contribution in [-0.2, 0) is 16.0 Å². The molecule has 1 fully saturated rings. The van der Waals surface area contributed by atoms with Crippen molar-refractivity contribution < 1.29 is 14.4 Å². The monoisotopic (exact) mass is 407 g/mol. The number of nitrogens with zero attached hydrogens (tertiary/aromatic N) is 1. The van der Waals surface area contributed by atoms with Crippen molar-refractivity contribution in [2.24, 2.45) is 0 Å². The van der Waals surface area contributed by atoms with Crippen LogP contribution in [0, 0.1) is 0 Å². The smallest absolute Gasteiger partial charge is 0.325 e. The molecule has 6 heteroatoms. The quantitative estimate of drug-likeness (QED) is 0.647. The first-order chi connectivity index (χ1) is 14.3. The number of amides is 4. The fourth-order valence-electron chi connectivity index (χ4n) is 3.57. The fraction of sp³-hybridized carbons (Fsp3) is 0.375. The van der Waals surface area contributed by atoms with Crippen LogP contribution in [0.3, 0.4) is 0 Å². The minimum Gasteiger partial charge on any atom is -0.325 e. The van der Waals surface area contributed by atoms with Crippen LogP contribution in [0.1, 0.15) is 50.7 Å². The van der Waals surface area contributed by atoms with E-state index in [9.17, 15) is 14.4 Å². The third-order valence-electron chi connectivity index (χ3n) is 5.78. The molecule has 0 saturated carbocycles. The second-order valence-corrected chi connectivity index (χ2v) is 8.12. The number of nitrogens with one attached hydrogen (secondary N) is 2. The van der Waals surface area contributed by atoms with Gasteiger partial charge in [-0.15, -0.1) is 0 Å². The predicted molar refractivity (Wildman–Crippen MR) is 117 cm³/mol. The van der Waals surface area contributed by atoms with E-state index in [4.69, 9.17) is 0 Å². The molecule has 2 aromatic carbocycles. The lowest BCUT2D eigenvalue weighted by Crippen LogP contribution is -2.45. The summed E-state index contributed by atoms with van der Waals surface area (Å²) in [5.41, 5.74) is 1.94. The van der Waals surface area contributed by atoms with E-state index in [0.29, 0.717) is 24.4 Å². The van der Waals surface area contributed by atoms with Crippen LogP contribution in [0.15, 0.2) is 54.6 Å². The van der Waals surface area contributed by atoms with Crippen LogP contribution in [-0.4, -0.2) is 34.8 Å². The molecule has 0 aromatic heterocycles. The van der Waals surface area contributed by atoms with Crippen LogP contribution in [0.5, 0.6) is 0 Å². The van der Waals surface area contributed by atoms with Gasteiger partial charge in [0, 0.05) is 5.69 Å². The van der Waals surface area contributed by atoms with Crippen molar-refractivity contribution in [2.75, 3.05) is 11.9 Å². The van der Waals surface area contributed by atoms with Gasteiger partial charge >= 0.3 is 6.03 Å². The first-order valence-electron chi connectivity index (χ1n) is 10.4. The number of carbonyl (C=O) groups excluding carboxylic acids is 3. The number of imide groups is 1. The Bertz CT molecular complexity index is 911. The van der Waals surface area contributed by atoms with Crippen LogP contribution < -0.4 is 10.6 Å². The summed E-state index contributed by atoms with van der Waals surface area (Å²) in [6.45, 7) is 5.69. The average Bonchev–Trinajstić information content (AvgIpc) is 2.96. The average molecular weight is 408 g/mol. The Hall–Kier alpha value is -3.15. The summed E-state index contributed by atoms with van der Waals surface area (Å²) in [4.78, 5) is 38.7. The molecular weight excluding hydrogens is 378 g/mol. The summed E-state index contributed by atoms with van der Waals surface area (Å²) >= 11 is 0. The summed E-state index contributed by atoms with van der Waals surface area (Å²) in [5.74, 6) is -0.318. The van der Waals surface area contributed by atoms with Gasteiger partial charge in [0.15, 0.2) is 0 Å². The molecular formula is C24H29N3O3. The number of carbonyl (C=O) groups is 3. The molecule has 2 N–H and O–H groups in total. The van der Waals surface area contributed by atoms with E-state index in [1.165, 1.54) is 5.56 Å². The molecule has 1 saturated heterocycles. The van der Waals surface area contributed by atoms with Gasteiger partial charge in [-0.2, -0.15) is 0 Å². The number of anilines is 1. The Morgan fingerprint density at radius 2 is 1.77 bits per heavy atom. The lowest BCUT2D eigenvalue weighted by Gasteiger charge is -2.21. The van der Waals surface area contributed by atoms with Crippen molar-refractivity contribution >= 4 is 23.5 Å². The van der Waals surface area contributed by atoms with Crippen molar-refractivity contribution in [2.45, 2.75) is 51.5 Å². The van der Waals surface area contributed by atoms with Crippen LogP contribution >= 0.6 is 0 Å². The summed E-state index contributed by atoms with van der Waals surface area (Å²) in [5, 5.41) is 5.52. The molecule has 1 heterocycles. The number of hydrogen-bond donors (Lipinski definition) is 2. The van der Waals surface area contributed by atoms with Crippen molar-refractivity contribution in [3.8, 4) is 0 Å². The molecule has 158 valence electrons. The third-order valence-corrected chi connectivity index (χ3v) is 5.78. The highest BCUT2D eigenvalue weighted by Gasteiger charge is 2.47. The molecule has 1 aliphatic heterocycles. The van der Waals surface area contributed by atoms with Gasteiger partial charge in [-0.1, -0.05) is 56.3 Å². The Labute approximate surface area is 177 Å². The molecule has 2 aromatic rings.